The van der Waals surface area contributed by atoms with Gasteiger partial charge < -0.3 is 15.2 Å². The molecule has 0 radical (unpaired) electrons. The highest BCUT2D eigenvalue weighted by atomic mass is 35.5. The van der Waals surface area contributed by atoms with Crippen LogP contribution in [0.1, 0.15) is 0 Å². The summed E-state index contributed by atoms with van der Waals surface area (Å²) in [5, 5.41) is 0.306. The van der Waals surface area contributed by atoms with Gasteiger partial charge in [0, 0.05) is 0 Å². The van der Waals surface area contributed by atoms with Crippen LogP contribution in [0.5, 0.6) is 17.2 Å². The highest BCUT2D eigenvalue weighted by molar-refractivity contribution is 6.32. The average Bonchev–Trinajstić information content (AvgIpc) is 2.34. The second kappa shape index (κ2) is 5.50. The average molecular weight is 304 g/mol. The standard InChI is InChI=1S/C13H9ClF3NO2/c14-10-2-1-3-11(18)12(10)19-8-4-6-9(7-5-8)20-13(15,16)17/h1-7H,18H2. The third kappa shape index (κ3) is 3.71. The lowest BCUT2D eigenvalue weighted by molar-refractivity contribution is -0.274. The summed E-state index contributed by atoms with van der Waals surface area (Å²) in [6.45, 7) is 0. The van der Waals surface area contributed by atoms with E-state index in [9.17, 15) is 13.2 Å². The van der Waals surface area contributed by atoms with Crippen LogP contribution in [0.3, 0.4) is 0 Å². The van der Waals surface area contributed by atoms with Gasteiger partial charge in [-0.1, -0.05) is 17.7 Å². The van der Waals surface area contributed by atoms with E-state index in [4.69, 9.17) is 22.1 Å². The predicted molar refractivity (Wildman–Crippen MR) is 69.1 cm³/mol. The summed E-state index contributed by atoms with van der Waals surface area (Å²) in [6.07, 6.45) is -4.73. The van der Waals surface area contributed by atoms with Crippen LogP contribution in [0, 0.1) is 0 Å². The van der Waals surface area contributed by atoms with Gasteiger partial charge in [0.25, 0.3) is 0 Å². The van der Waals surface area contributed by atoms with Gasteiger partial charge in [-0.2, -0.15) is 0 Å². The number of nitrogen functional groups attached to an aromatic ring is 1. The van der Waals surface area contributed by atoms with E-state index in [1.165, 1.54) is 12.1 Å². The Labute approximate surface area is 117 Å². The smallest absolute Gasteiger partial charge is 0.454 e. The largest absolute Gasteiger partial charge is 0.573 e. The summed E-state index contributed by atoms with van der Waals surface area (Å²) in [4.78, 5) is 0. The molecule has 7 heteroatoms. The zero-order valence-corrected chi connectivity index (χ0v) is 10.7. The number of halogens is 4. The molecule has 0 saturated heterocycles. The van der Waals surface area contributed by atoms with Crippen LogP contribution in [0.2, 0.25) is 5.02 Å². The van der Waals surface area contributed by atoms with Crippen molar-refractivity contribution in [3.05, 3.63) is 47.5 Å². The minimum Gasteiger partial charge on any atom is -0.454 e. The van der Waals surface area contributed by atoms with E-state index in [-0.39, 0.29) is 11.5 Å². The number of ether oxygens (including phenoxy) is 2. The number of para-hydroxylation sites is 1. The van der Waals surface area contributed by atoms with Gasteiger partial charge in [0.15, 0.2) is 5.75 Å². The monoisotopic (exact) mass is 303 g/mol. The Morgan fingerprint density at radius 2 is 1.55 bits per heavy atom. The van der Waals surface area contributed by atoms with Crippen LogP contribution in [0.4, 0.5) is 18.9 Å². The van der Waals surface area contributed by atoms with Crippen LogP contribution in [-0.2, 0) is 0 Å². The quantitative estimate of drug-likeness (QED) is 0.842. The number of hydrogen-bond donors (Lipinski definition) is 1. The first-order chi connectivity index (χ1) is 9.35. The first-order valence-electron chi connectivity index (χ1n) is 5.43. The van der Waals surface area contributed by atoms with Gasteiger partial charge >= 0.3 is 6.36 Å². The molecule has 2 N–H and O–H groups in total. The first kappa shape index (κ1) is 14.3. The molecule has 0 heterocycles. The molecule has 0 atom stereocenters. The highest BCUT2D eigenvalue weighted by Crippen LogP contribution is 2.35. The summed E-state index contributed by atoms with van der Waals surface area (Å²) >= 11 is 5.92. The third-order valence-electron chi connectivity index (χ3n) is 2.27. The second-order valence-corrected chi connectivity index (χ2v) is 4.19. The molecule has 0 aliphatic rings. The molecule has 0 saturated carbocycles. The second-order valence-electron chi connectivity index (χ2n) is 3.78. The Kier molecular flexibility index (Phi) is 3.94. The van der Waals surface area contributed by atoms with Gasteiger partial charge in [-0.05, 0) is 36.4 Å². The van der Waals surface area contributed by atoms with Crippen molar-refractivity contribution in [1.29, 1.82) is 0 Å². The molecular weight excluding hydrogens is 295 g/mol. The highest BCUT2D eigenvalue weighted by Gasteiger charge is 2.30. The van der Waals surface area contributed by atoms with Crippen molar-refractivity contribution in [1.82, 2.24) is 0 Å². The minimum absolute atomic E-state index is 0.249. The van der Waals surface area contributed by atoms with E-state index in [1.807, 2.05) is 0 Å². The van der Waals surface area contributed by atoms with Crippen molar-refractivity contribution in [3.8, 4) is 17.2 Å². The summed E-state index contributed by atoms with van der Waals surface area (Å²) in [6, 6.07) is 9.76. The van der Waals surface area contributed by atoms with Gasteiger partial charge in [0.05, 0.1) is 10.7 Å². The molecule has 20 heavy (non-hydrogen) atoms. The maximum Gasteiger partial charge on any atom is 0.573 e. The molecule has 106 valence electrons. The molecule has 3 nitrogen and oxygen atoms in total. The maximum atomic E-state index is 12.0. The summed E-state index contributed by atoms with van der Waals surface area (Å²) < 4.78 is 45.2. The third-order valence-corrected chi connectivity index (χ3v) is 2.57. The number of rotatable bonds is 3. The molecule has 2 aromatic carbocycles. The van der Waals surface area contributed by atoms with Crippen molar-refractivity contribution in [2.75, 3.05) is 5.73 Å². The topological polar surface area (TPSA) is 44.5 Å². The van der Waals surface area contributed by atoms with E-state index in [2.05, 4.69) is 4.74 Å². The number of benzene rings is 2. The number of nitrogens with two attached hydrogens (primary N) is 1. The summed E-state index contributed by atoms with van der Waals surface area (Å²) in [5.41, 5.74) is 6.03. The Morgan fingerprint density at radius 3 is 2.10 bits per heavy atom. The fraction of sp³-hybridized carbons (Fsp3) is 0.0769. The van der Waals surface area contributed by atoms with E-state index in [1.54, 1.807) is 18.2 Å². The fourth-order valence-electron chi connectivity index (χ4n) is 1.46. The minimum atomic E-state index is -4.73. The predicted octanol–water partition coefficient (Wildman–Crippen LogP) is 4.61. The molecular formula is C13H9ClF3NO2. The van der Waals surface area contributed by atoms with Crippen LogP contribution in [-0.4, -0.2) is 6.36 Å². The zero-order chi connectivity index (χ0) is 14.8. The van der Waals surface area contributed by atoms with Gasteiger partial charge in [0.1, 0.15) is 11.5 Å². The van der Waals surface area contributed by atoms with Crippen LogP contribution < -0.4 is 15.2 Å². The Bertz CT molecular complexity index is 579. The number of anilines is 1. The van der Waals surface area contributed by atoms with Gasteiger partial charge in [-0.3, -0.25) is 0 Å². The van der Waals surface area contributed by atoms with Crippen molar-refractivity contribution >= 4 is 17.3 Å². The Balaban J connectivity index is 2.15. The van der Waals surface area contributed by atoms with E-state index in [0.717, 1.165) is 12.1 Å². The van der Waals surface area contributed by atoms with E-state index in [0.29, 0.717) is 16.5 Å². The van der Waals surface area contributed by atoms with Gasteiger partial charge in [0.2, 0.25) is 0 Å². The van der Waals surface area contributed by atoms with Crippen molar-refractivity contribution in [2.45, 2.75) is 6.36 Å². The first-order valence-corrected chi connectivity index (χ1v) is 5.80. The normalized spacial score (nSPS) is 11.2. The van der Waals surface area contributed by atoms with Gasteiger partial charge in [-0.25, -0.2) is 0 Å². The molecule has 0 unspecified atom stereocenters. The zero-order valence-electron chi connectivity index (χ0n) is 9.95. The lowest BCUT2D eigenvalue weighted by Gasteiger charge is -2.11. The van der Waals surface area contributed by atoms with Crippen molar-refractivity contribution < 1.29 is 22.6 Å². The Morgan fingerprint density at radius 1 is 0.950 bits per heavy atom. The van der Waals surface area contributed by atoms with Crippen LogP contribution in [0.25, 0.3) is 0 Å². The Hall–Kier alpha value is -2.08. The maximum absolute atomic E-state index is 12.0. The van der Waals surface area contributed by atoms with Crippen LogP contribution in [0.15, 0.2) is 42.5 Å². The number of alkyl halides is 3. The molecule has 2 aromatic rings. The van der Waals surface area contributed by atoms with E-state index >= 15 is 0 Å². The lowest BCUT2D eigenvalue weighted by Crippen LogP contribution is -2.16. The van der Waals surface area contributed by atoms with Crippen LogP contribution >= 0.6 is 11.6 Å². The van der Waals surface area contributed by atoms with Crippen molar-refractivity contribution in [3.63, 3.8) is 0 Å². The molecule has 0 aromatic heterocycles. The molecule has 0 aliphatic heterocycles. The molecule has 0 fully saturated rings. The van der Waals surface area contributed by atoms with Gasteiger partial charge in [-0.15, -0.1) is 13.2 Å². The fourth-order valence-corrected chi connectivity index (χ4v) is 1.68. The molecule has 0 amide bonds. The molecule has 0 aliphatic carbocycles. The van der Waals surface area contributed by atoms with Crippen molar-refractivity contribution in [2.24, 2.45) is 0 Å². The summed E-state index contributed by atoms with van der Waals surface area (Å²) in [5.74, 6) is 0.204. The lowest BCUT2D eigenvalue weighted by atomic mass is 10.3. The SMILES string of the molecule is Nc1cccc(Cl)c1Oc1ccc(OC(F)(F)F)cc1. The molecule has 0 spiro atoms. The summed E-state index contributed by atoms with van der Waals surface area (Å²) in [7, 11) is 0. The molecule has 0 bridgehead atoms. The molecule has 2 rings (SSSR count). The number of hydrogen-bond acceptors (Lipinski definition) is 3. The van der Waals surface area contributed by atoms with E-state index < -0.39 is 6.36 Å².